The molecule has 0 bridgehead atoms. The molecular formula is C10H12F3N2O+. The van der Waals surface area contributed by atoms with Gasteiger partial charge in [-0.05, 0) is 6.92 Å². The normalized spacial score (nSPS) is 22.9. The van der Waals surface area contributed by atoms with Crippen molar-refractivity contribution in [1.29, 1.82) is 5.26 Å². The fourth-order valence-electron chi connectivity index (χ4n) is 1.25. The maximum Gasteiger partial charge on any atom is 0.425 e. The summed E-state index contributed by atoms with van der Waals surface area (Å²) in [5.74, 6) is 0.0939. The van der Waals surface area contributed by atoms with Crippen LogP contribution in [-0.4, -0.2) is 18.3 Å². The van der Waals surface area contributed by atoms with E-state index >= 15 is 0 Å². The highest BCUT2D eigenvalue weighted by atomic mass is 19.4. The number of ether oxygens (including phenoxy) is 1. The van der Waals surface area contributed by atoms with Crippen LogP contribution in [0.15, 0.2) is 23.6 Å². The summed E-state index contributed by atoms with van der Waals surface area (Å²) in [6.45, 7) is 2.64. The van der Waals surface area contributed by atoms with Crippen molar-refractivity contribution >= 4 is 0 Å². The second kappa shape index (κ2) is 4.58. The van der Waals surface area contributed by atoms with Crippen molar-refractivity contribution < 1.29 is 23.2 Å². The van der Waals surface area contributed by atoms with Crippen molar-refractivity contribution in [1.82, 2.24) is 0 Å². The van der Waals surface area contributed by atoms with Gasteiger partial charge in [0.1, 0.15) is 17.5 Å². The minimum absolute atomic E-state index is 0.0939. The van der Waals surface area contributed by atoms with Gasteiger partial charge in [-0.15, -0.1) is 0 Å². The highest BCUT2D eigenvalue weighted by Crippen LogP contribution is 2.25. The Morgan fingerprint density at radius 1 is 1.56 bits per heavy atom. The van der Waals surface area contributed by atoms with Crippen molar-refractivity contribution in [2.45, 2.75) is 32.2 Å². The summed E-state index contributed by atoms with van der Waals surface area (Å²) in [4.78, 5) is 0. The Morgan fingerprint density at radius 2 is 2.19 bits per heavy atom. The zero-order valence-electron chi connectivity index (χ0n) is 8.88. The molecule has 0 fully saturated rings. The van der Waals surface area contributed by atoms with E-state index < -0.39 is 18.3 Å². The number of nitrogens with zero attached hydrogens (tertiary/aromatic N) is 1. The van der Waals surface area contributed by atoms with E-state index in [0.717, 1.165) is 12.6 Å². The van der Waals surface area contributed by atoms with Crippen molar-refractivity contribution in [3.63, 3.8) is 0 Å². The summed E-state index contributed by atoms with van der Waals surface area (Å²) in [5, 5.41) is 10.3. The molecule has 6 heteroatoms. The summed E-state index contributed by atoms with van der Waals surface area (Å²) < 4.78 is 41.5. The number of nitrogens with two attached hydrogens (primary N) is 1. The number of alkyl halides is 3. The van der Waals surface area contributed by atoms with Gasteiger partial charge in [-0.2, -0.15) is 18.4 Å². The number of quaternary nitrogens is 1. The first-order chi connectivity index (χ1) is 7.32. The summed E-state index contributed by atoms with van der Waals surface area (Å²) >= 11 is 0. The van der Waals surface area contributed by atoms with E-state index in [1.54, 1.807) is 12.2 Å². The van der Waals surface area contributed by atoms with Crippen LogP contribution in [0.25, 0.3) is 0 Å². The monoisotopic (exact) mass is 233 g/mol. The van der Waals surface area contributed by atoms with E-state index in [9.17, 15) is 13.2 Å². The second-order valence-electron chi connectivity index (χ2n) is 3.58. The minimum Gasteiger partial charge on any atom is -0.481 e. The predicted molar refractivity (Wildman–Crippen MR) is 49.8 cm³/mol. The Labute approximate surface area is 91.2 Å². The zero-order chi connectivity index (χ0) is 12.3. The molecule has 3 nitrogen and oxygen atoms in total. The van der Waals surface area contributed by atoms with Crippen molar-refractivity contribution in [2.75, 3.05) is 0 Å². The largest absolute Gasteiger partial charge is 0.481 e. The molecule has 0 aromatic carbocycles. The molecule has 16 heavy (non-hydrogen) atoms. The highest BCUT2D eigenvalue weighted by molar-refractivity contribution is 5.21. The molecule has 0 radical (unpaired) electrons. The zero-order valence-corrected chi connectivity index (χ0v) is 8.88. The van der Waals surface area contributed by atoms with Crippen LogP contribution in [0.5, 0.6) is 0 Å². The third-order valence-electron chi connectivity index (χ3n) is 2.08. The van der Waals surface area contributed by atoms with Gasteiger partial charge in [-0.25, -0.2) is 0 Å². The number of halogens is 3. The van der Waals surface area contributed by atoms with E-state index in [4.69, 9.17) is 10.00 Å². The van der Waals surface area contributed by atoms with Gasteiger partial charge in [0, 0.05) is 19.1 Å². The first-order valence-electron chi connectivity index (χ1n) is 4.71. The van der Waals surface area contributed by atoms with E-state index in [1.165, 1.54) is 12.2 Å². The van der Waals surface area contributed by atoms with Gasteiger partial charge in [0.05, 0.1) is 0 Å². The quantitative estimate of drug-likeness (QED) is 0.779. The molecule has 0 aromatic heterocycles. The SMILES string of the molecule is CC1=CC(OC(C)C(F)(F)F)=CC(C#N)[NH2+]1. The summed E-state index contributed by atoms with van der Waals surface area (Å²) in [6, 6.07) is 1.41. The van der Waals surface area contributed by atoms with Crippen molar-refractivity contribution in [3.05, 3.63) is 23.6 Å². The molecule has 2 atom stereocenters. The van der Waals surface area contributed by atoms with Crippen LogP contribution in [0.2, 0.25) is 0 Å². The van der Waals surface area contributed by atoms with E-state index in [-0.39, 0.29) is 5.76 Å². The second-order valence-corrected chi connectivity index (χ2v) is 3.58. The molecular weight excluding hydrogens is 221 g/mol. The number of nitriles is 1. The lowest BCUT2D eigenvalue weighted by Gasteiger charge is -2.20. The van der Waals surface area contributed by atoms with E-state index in [1.807, 2.05) is 6.07 Å². The Morgan fingerprint density at radius 3 is 2.69 bits per heavy atom. The average molecular weight is 233 g/mol. The molecule has 2 unspecified atom stereocenters. The van der Waals surface area contributed by atoms with Crippen molar-refractivity contribution in [2.24, 2.45) is 0 Å². The molecule has 1 aliphatic rings. The Balaban J connectivity index is 2.74. The number of hydrogen-bond acceptors (Lipinski definition) is 2. The van der Waals surface area contributed by atoms with Gasteiger partial charge in [0.15, 0.2) is 12.1 Å². The summed E-state index contributed by atoms with van der Waals surface area (Å²) in [7, 11) is 0. The fraction of sp³-hybridized carbons (Fsp3) is 0.500. The van der Waals surface area contributed by atoms with Gasteiger partial charge in [-0.1, -0.05) is 0 Å². The molecule has 0 amide bonds. The third kappa shape index (κ3) is 3.28. The standard InChI is InChI=1S/C10H11F3N2O/c1-6-3-9(4-8(5-14)15-6)16-7(2)10(11,12)13/h3-4,7-8,15H,1-2H3/p+1. The molecule has 88 valence electrons. The van der Waals surface area contributed by atoms with Gasteiger partial charge < -0.3 is 4.74 Å². The lowest BCUT2D eigenvalue weighted by molar-refractivity contribution is -0.621. The highest BCUT2D eigenvalue weighted by Gasteiger charge is 2.38. The number of allylic oxidation sites excluding steroid dienone is 2. The van der Waals surface area contributed by atoms with Gasteiger partial charge in [0.2, 0.25) is 0 Å². The molecule has 1 aliphatic heterocycles. The smallest absolute Gasteiger partial charge is 0.425 e. The van der Waals surface area contributed by atoms with Crippen LogP contribution >= 0.6 is 0 Å². The van der Waals surface area contributed by atoms with E-state index in [2.05, 4.69) is 0 Å². The topological polar surface area (TPSA) is 49.6 Å². The summed E-state index contributed by atoms with van der Waals surface area (Å²) in [6.07, 6.45) is -3.42. The first-order valence-corrected chi connectivity index (χ1v) is 4.71. The maximum absolute atomic E-state index is 12.2. The molecule has 0 spiro atoms. The first kappa shape index (κ1) is 12.6. The van der Waals surface area contributed by atoms with Crippen LogP contribution in [-0.2, 0) is 4.74 Å². The number of rotatable bonds is 2. The summed E-state index contributed by atoms with van der Waals surface area (Å²) in [5.41, 5.74) is 0.721. The average Bonchev–Trinajstić information content (AvgIpc) is 2.15. The predicted octanol–water partition coefficient (Wildman–Crippen LogP) is 1.21. The van der Waals surface area contributed by atoms with Crippen LogP contribution in [0, 0.1) is 11.3 Å². The van der Waals surface area contributed by atoms with Crippen LogP contribution < -0.4 is 5.32 Å². The van der Waals surface area contributed by atoms with Crippen LogP contribution in [0.3, 0.4) is 0 Å². The molecule has 1 rings (SSSR count). The van der Waals surface area contributed by atoms with Crippen molar-refractivity contribution in [3.8, 4) is 6.07 Å². The molecule has 0 saturated heterocycles. The Hall–Kier alpha value is -1.48. The van der Waals surface area contributed by atoms with Gasteiger partial charge in [0.25, 0.3) is 0 Å². The molecule has 1 heterocycles. The lowest BCUT2D eigenvalue weighted by Crippen LogP contribution is -2.87. The van der Waals surface area contributed by atoms with Gasteiger partial charge >= 0.3 is 6.18 Å². The Bertz CT molecular complexity index is 365. The molecule has 0 saturated carbocycles. The van der Waals surface area contributed by atoms with Crippen LogP contribution in [0.1, 0.15) is 13.8 Å². The number of hydrogen-bond donors (Lipinski definition) is 1. The lowest BCUT2D eigenvalue weighted by atomic mass is 10.2. The minimum atomic E-state index is -4.40. The molecule has 0 aromatic rings. The third-order valence-corrected chi connectivity index (χ3v) is 2.08. The maximum atomic E-state index is 12.2. The molecule has 0 aliphatic carbocycles. The Kier molecular flexibility index (Phi) is 3.60. The molecule has 2 N–H and O–H groups in total. The fourth-order valence-corrected chi connectivity index (χ4v) is 1.25. The van der Waals surface area contributed by atoms with Gasteiger partial charge in [-0.3, -0.25) is 5.32 Å². The van der Waals surface area contributed by atoms with Crippen LogP contribution in [0.4, 0.5) is 13.2 Å². The van der Waals surface area contributed by atoms with E-state index in [0.29, 0.717) is 0 Å².